The van der Waals surface area contributed by atoms with Crippen LogP contribution in [0.5, 0.6) is 0 Å². The Labute approximate surface area is 134 Å². The quantitative estimate of drug-likeness (QED) is 0.751. The molecule has 8 heteroatoms. The molecule has 2 rings (SSSR count). The van der Waals surface area contributed by atoms with Gasteiger partial charge in [-0.3, -0.25) is 0 Å². The van der Waals surface area contributed by atoms with E-state index in [1.165, 1.54) is 32.5 Å². The molecule has 0 unspecified atom stereocenters. The van der Waals surface area contributed by atoms with Crippen molar-refractivity contribution in [3.05, 3.63) is 35.2 Å². The van der Waals surface area contributed by atoms with Gasteiger partial charge in [-0.05, 0) is 17.5 Å². The zero-order chi connectivity index (χ0) is 16.3. The Hall–Kier alpha value is -1.48. The Kier molecular flexibility index (Phi) is 5.17. The van der Waals surface area contributed by atoms with Crippen LogP contribution in [0.3, 0.4) is 0 Å². The Bertz CT molecular complexity index is 735. The van der Waals surface area contributed by atoms with Crippen molar-refractivity contribution in [1.29, 1.82) is 0 Å². The van der Waals surface area contributed by atoms with E-state index in [1.54, 1.807) is 6.07 Å². The van der Waals surface area contributed by atoms with Gasteiger partial charge in [0.05, 0.1) is 0 Å². The molecule has 0 saturated heterocycles. The molecule has 0 N–H and O–H groups in total. The third kappa shape index (κ3) is 3.64. The van der Waals surface area contributed by atoms with Gasteiger partial charge in [0.15, 0.2) is 0 Å². The number of thiophene rings is 1. The highest BCUT2D eigenvalue weighted by Crippen LogP contribution is 2.25. The molecule has 0 atom stereocenters. The molecule has 22 heavy (non-hydrogen) atoms. The van der Waals surface area contributed by atoms with Crippen molar-refractivity contribution < 1.29 is 17.9 Å². The molecule has 0 fully saturated rings. The summed E-state index contributed by atoms with van der Waals surface area (Å²) < 4.78 is 32.0. The van der Waals surface area contributed by atoms with Gasteiger partial charge in [0.25, 0.3) is 10.2 Å². The molecule has 0 saturated carbocycles. The minimum Gasteiger partial charge on any atom is -0.460 e. The number of esters is 1. The van der Waals surface area contributed by atoms with E-state index in [0.717, 1.165) is 18.7 Å². The van der Waals surface area contributed by atoms with Crippen LogP contribution in [0, 0.1) is 0 Å². The van der Waals surface area contributed by atoms with E-state index in [9.17, 15) is 13.2 Å². The summed E-state index contributed by atoms with van der Waals surface area (Å²) in [5, 5.41) is 0.992. The number of hydrogen-bond acceptors (Lipinski definition) is 5. The second kappa shape index (κ2) is 6.74. The van der Waals surface area contributed by atoms with Gasteiger partial charge in [0.2, 0.25) is 0 Å². The van der Waals surface area contributed by atoms with Crippen LogP contribution in [0.25, 0.3) is 10.1 Å². The summed E-state index contributed by atoms with van der Waals surface area (Å²) in [6.45, 7) is 0.119. The van der Waals surface area contributed by atoms with Crippen molar-refractivity contribution in [2.24, 2.45) is 0 Å². The third-order valence-electron chi connectivity index (χ3n) is 3.12. The summed E-state index contributed by atoms with van der Waals surface area (Å²) in [6, 6.07) is 9.47. The first-order chi connectivity index (χ1) is 10.3. The number of nitrogens with zero attached hydrogens (tertiary/aromatic N) is 2. The van der Waals surface area contributed by atoms with Gasteiger partial charge in [0, 0.05) is 32.4 Å². The number of rotatable bonds is 6. The van der Waals surface area contributed by atoms with Crippen LogP contribution in [-0.2, 0) is 14.9 Å². The van der Waals surface area contributed by atoms with Crippen LogP contribution in [0.15, 0.2) is 30.3 Å². The Morgan fingerprint density at radius 2 is 1.91 bits per heavy atom. The first kappa shape index (κ1) is 16.9. The highest BCUT2D eigenvalue weighted by molar-refractivity contribution is 7.86. The van der Waals surface area contributed by atoms with Gasteiger partial charge in [-0.1, -0.05) is 18.2 Å². The maximum Gasteiger partial charge on any atom is 0.348 e. The largest absolute Gasteiger partial charge is 0.460 e. The molecule has 1 aromatic carbocycles. The molecule has 0 aliphatic rings. The van der Waals surface area contributed by atoms with E-state index >= 15 is 0 Å². The number of likely N-dealkylation sites (N-methyl/N-ethyl adjacent to an activating group) is 1. The van der Waals surface area contributed by atoms with Crippen LogP contribution in [0.1, 0.15) is 9.67 Å². The smallest absolute Gasteiger partial charge is 0.348 e. The summed E-state index contributed by atoms with van der Waals surface area (Å²) >= 11 is 1.36. The van der Waals surface area contributed by atoms with Gasteiger partial charge in [0.1, 0.15) is 11.5 Å². The van der Waals surface area contributed by atoms with Crippen molar-refractivity contribution >= 4 is 37.6 Å². The minimum atomic E-state index is -3.48. The number of hydrogen-bond donors (Lipinski definition) is 0. The summed E-state index contributed by atoms with van der Waals surface area (Å²) in [4.78, 5) is 12.5. The lowest BCUT2D eigenvalue weighted by atomic mass is 10.2. The molecule has 2 aromatic rings. The first-order valence-electron chi connectivity index (χ1n) is 6.62. The second-order valence-electron chi connectivity index (χ2n) is 4.90. The van der Waals surface area contributed by atoms with Crippen molar-refractivity contribution in [2.75, 3.05) is 34.3 Å². The van der Waals surface area contributed by atoms with Gasteiger partial charge >= 0.3 is 5.97 Å². The number of carbonyl (C=O) groups excluding carboxylic acids is 1. The second-order valence-corrected chi connectivity index (χ2v) is 8.23. The van der Waals surface area contributed by atoms with Crippen LogP contribution < -0.4 is 0 Å². The van der Waals surface area contributed by atoms with Gasteiger partial charge in [-0.2, -0.15) is 17.0 Å². The summed E-state index contributed by atoms with van der Waals surface area (Å²) in [5.41, 5.74) is 0. The minimum absolute atomic E-state index is 0.0106. The molecule has 1 aromatic heterocycles. The van der Waals surface area contributed by atoms with Crippen LogP contribution >= 0.6 is 11.3 Å². The normalized spacial score (nSPS) is 12.2. The number of ether oxygens (including phenoxy) is 1. The standard InChI is InChI=1S/C14H18N2O4S2/c1-15(2)22(18,19)16(3)8-9-20-14(17)13-10-11-6-4-5-7-12(11)21-13/h4-7,10H,8-9H2,1-3H3. The van der Waals surface area contributed by atoms with Crippen molar-refractivity contribution in [2.45, 2.75) is 0 Å². The van der Waals surface area contributed by atoms with Crippen LogP contribution in [0.4, 0.5) is 0 Å². The average Bonchev–Trinajstić information content (AvgIpc) is 2.90. The van der Waals surface area contributed by atoms with Gasteiger partial charge in [-0.15, -0.1) is 11.3 Å². The van der Waals surface area contributed by atoms with Gasteiger partial charge < -0.3 is 4.74 Å². The van der Waals surface area contributed by atoms with Crippen molar-refractivity contribution in [3.8, 4) is 0 Å². The topological polar surface area (TPSA) is 66.9 Å². The molecular formula is C14H18N2O4S2. The number of fused-ring (bicyclic) bond motifs is 1. The number of carbonyl (C=O) groups is 1. The highest BCUT2D eigenvalue weighted by atomic mass is 32.2. The van der Waals surface area contributed by atoms with Crippen molar-refractivity contribution in [3.63, 3.8) is 0 Å². The Balaban J connectivity index is 1.93. The van der Waals surface area contributed by atoms with Crippen LogP contribution in [-0.4, -0.2) is 57.3 Å². The van der Waals surface area contributed by atoms with Crippen molar-refractivity contribution in [1.82, 2.24) is 8.61 Å². The zero-order valence-corrected chi connectivity index (χ0v) is 14.3. The molecule has 1 heterocycles. The average molecular weight is 342 g/mol. The molecule has 0 bridgehead atoms. The summed E-state index contributed by atoms with van der Waals surface area (Å²) in [7, 11) is 0.872. The van der Waals surface area contributed by atoms with E-state index in [2.05, 4.69) is 0 Å². The fourth-order valence-electron chi connectivity index (χ4n) is 1.81. The molecule has 120 valence electrons. The van der Waals surface area contributed by atoms with E-state index in [4.69, 9.17) is 4.74 Å². The van der Waals surface area contributed by atoms with Gasteiger partial charge in [-0.25, -0.2) is 4.79 Å². The zero-order valence-electron chi connectivity index (χ0n) is 12.6. The van der Waals surface area contributed by atoms with Crippen LogP contribution in [0.2, 0.25) is 0 Å². The molecule has 0 radical (unpaired) electrons. The summed E-state index contributed by atoms with van der Waals surface area (Å²) in [6.07, 6.45) is 0. The van der Waals surface area contributed by atoms with E-state index in [1.807, 2.05) is 24.3 Å². The monoisotopic (exact) mass is 342 g/mol. The van der Waals surface area contributed by atoms with E-state index < -0.39 is 16.2 Å². The predicted molar refractivity (Wildman–Crippen MR) is 87.3 cm³/mol. The summed E-state index contributed by atoms with van der Waals surface area (Å²) in [5.74, 6) is -0.433. The fourth-order valence-corrected chi connectivity index (χ4v) is 3.63. The molecule has 6 nitrogen and oxygen atoms in total. The maximum absolute atomic E-state index is 12.0. The lowest BCUT2D eigenvalue weighted by molar-refractivity contribution is 0.0498. The first-order valence-corrected chi connectivity index (χ1v) is 8.83. The lowest BCUT2D eigenvalue weighted by Crippen LogP contribution is -2.39. The highest BCUT2D eigenvalue weighted by Gasteiger charge is 2.20. The maximum atomic E-state index is 12.0. The SMILES string of the molecule is CN(C)S(=O)(=O)N(C)CCOC(=O)c1cc2ccccc2s1. The molecule has 0 aliphatic carbocycles. The Morgan fingerprint density at radius 3 is 2.55 bits per heavy atom. The number of benzene rings is 1. The van der Waals surface area contributed by atoms with E-state index in [-0.39, 0.29) is 13.2 Å². The molecule has 0 spiro atoms. The Morgan fingerprint density at radius 1 is 1.23 bits per heavy atom. The fraction of sp³-hybridized carbons (Fsp3) is 0.357. The molecule has 0 amide bonds. The van der Waals surface area contributed by atoms with E-state index in [0.29, 0.717) is 4.88 Å². The third-order valence-corrected chi connectivity index (χ3v) is 6.11. The molecule has 0 aliphatic heterocycles. The molecular weight excluding hydrogens is 324 g/mol. The lowest BCUT2D eigenvalue weighted by Gasteiger charge is -2.20. The predicted octanol–water partition coefficient (Wildman–Crippen LogP) is 1.80.